The molecule has 1 fully saturated rings. The summed E-state index contributed by atoms with van der Waals surface area (Å²) >= 11 is -0.448. The van der Waals surface area contributed by atoms with Gasteiger partial charge in [-0.3, -0.25) is 0 Å². The quantitative estimate of drug-likeness (QED) is 0.393. The van der Waals surface area contributed by atoms with Crippen LogP contribution in [0.1, 0.15) is 101 Å². The summed E-state index contributed by atoms with van der Waals surface area (Å²) in [5.74, 6) is 1.67. The molecule has 3 nitrogen and oxygen atoms in total. The molecule has 0 saturated carbocycles. The predicted molar refractivity (Wildman–Crippen MR) is 135 cm³/mol. The van der Waals surface area contributed by atoms with Crippen molar-refractivity contribution in [1.82, 2.24) is 0 Å². The average Bonchev–Trinajstić information content (AvgIpc) is 3.15. The van der Waals surface area contributed by atoms with Crippen LogP contribution in [0.3, 0.4) is 0 Å². The Morgan fingerprint density at radius 1 is 0.656 bits per heavy atom. The van der Waals surface area contributed by atoms with E-state index in [4.69, 9.17) is 0 Å². The maximum absolute atomic E-state index is 11.8. The van der Waals surface area contributed by atoms with Crippen molar-refractivity contribution < 1.29 is 21.0 Å². The molecule has 0 radical (unpaired) electrons. The minimum atomic E-state index is -0.448. The third-order valence-electron chi connectivity index (χ3n) is 6.30. The van der Waals surface area contributed by atoms with Gasteiger partial charge in [0.05, 0.1) is 0 Å². The first-order valence-electron chi connectivity index (χ1n) is 11.8. The zero-order valence-corrected chi connectivity index (χ0v) is 22.5. The van der Waals surface area contributed by atoms with E-state index in [2.05, 4.69) is 106 Å². The zero-order valence-electron chi connectivity index (χ0n) is 20.8. The second-order valence-electron chi connectivity index (χ2n) is 9.89. The van der Waals surface area contributed by atoms with Gasteiger partial charge in [0.25, 0.3) is 0 Å². The minimum absolute atomic E-state index is 0.418. The summed E-state index contributed by atoms with van der Waals surface area (Å²) in [6.07, 6.45) is 0. The summed E-state index contributed by atoms with van der Waals surface area (Å²) in [6, 6.07) is 13.4. The van der Waals surface area contributed by atoms with E-state index in [1.807, 2.05) is 0 Å². The molecule has 0 aliphatic carbocycles. The molecule has 1 saturated heterocycles. The summed E-state index contributed by atoms with van der Waals surface area (Å²) < 4.78 is 3.43. The fourth-order valence-electron chi connectivity index (χ4n) is 4.69. The Balaban J connectivity index is 2.26. The van der Waals surface area contributed by atoms with Crippen LogP contribution in [0.5, 0.6) is 0 Å². The van der Waals surface area contributed by atoms with Crippen molar-refractivity contribution in [3.63, 3.8) is 0 Å². The average molecular weight is 522 g/mol. The predicted octanol–water partition coefficient (Wildman–Crippen LogP) is 6.74. The van der Waals surface area contributed by atoms with Crippen LogP contribution in [0.4, 0.5) is 11.4 Å². The van der Waals surface area contributed by atoms with Gasteiger partial charge in [-0.1, -0.05) is 0 Å². The van der Waals surface area contributed by atoms with E-state index < -0.39 is 16.2 Å². The molecule has 0 amide bonds. The maximum atomic E-state index is 11.8. The third-order valence-corrected chi connectivity index (χ3v) is 7.72. The molecule has 32 heavy (non-hydrogen) atoms. The van der Waals surface area contributed by atoms with Gasteiger partial charge in [-0.25, -0.2) is 0 Å². The van der Waals surface area contributed by atoms with Crippen molar-refractivity contribution in [1.29, 1.82) is 0 Å². The van der Waals surface area contributed by atoms with Crippen LogP contribution in [-0.4, -0.2) is 21.9 Å². The Morgan fingerprint density at radius 3 is 1.22 bits per heavy atom. The van der Waals surface area contributed by atoms with Gasteiger partial charge in [0.15, 0.2) is 0 Å². The zero-order chi connectivity index (χ0) is 23.6. The Kier molecular flexibility index (Phi) is 8.02. The summed E-state index contributed by atoms with van der Waals surface area (Å²) in [5, 5.41) is 0. The molecule has 0 N–H and O–H groups in total. The Hall–Kier alpha value is -1.89. The molecule has 0 atom stereocenters. The van der Waals surface area contributed by atoms with Gasteiger partial charge in [-0.15, -0.1) is 0 Å². The number of carbonyl (C=O) groups excluding carboxylic acids is 1. The molecule has 0 spiro atoms. The normalized spacial score (nSPS) is 14.4. The van der Waals surface area contributed by atoms with E-state index in [-0.39, 0.29) is 0 Å². The molecule has 0 aromatic heterocycles. The Morgan fingerprint density at radius 2 is 0.969 bits per heavy atom. The molecule has 2 aromatic rings. The number of hydrogen-bond acceptors (Lipinski definition) is 3. The van der Waals surface area contributed by atoms with Gasteiger partial charge in [0.2, 0.25) is 0 Å². The SMILES string of the molecule is CC(C)c1cccc(C(C)C)c1N1CCN(c2c(C(C)C)cccc2C(C)C)[C]1=[Rh]=[C]=O. The first-order valence-corrected chi connectivity index (χ1v) is 13.5. The summed E-state index contributed by atoms with van der Waals surface area (Å²) in [6.45, 7) is 19.9. The number of anilines is 2. The van der Waals surface area contributed by atoms with Gasteiger partial charge >= 0.3 is 202 Å². The first kappa shape index (κ1) is 24.7. The van der Waals surface area contributed by atoms with E-state index in [0.717, 1.165) is 17.4 Å². The monoisotopic (exact) mass is 521 g/mol. The van der Waals surface area contributed by atoms with Gasteiger partial charge in [-0.2, -0.15) is 0 Å². The number of para-hydroxylation sites is 2. The molecular formula is C28H38N2ORh. The Labute approximate surface area is 201 Å². The van der Waals surface area contributed by atoms with Crippen LogP contribution in [0.15, 0.2) is 36.4 Å². The van der Waals surface area contributed by atoms with Crippen LogP contribution in [0, 0.1) is 0 Å². The first-order chi connectivity index (χ1) is 15.2. The topological polar surface area (TPSA) is 23.6 Å². The van der Waals surface area contributed by atoms with Gasteiger partial charge < -0.3 is 0 Å². The molecule has 1 aliphatic rings. The third kappa shape index (κ3) is 4.73. The number of hydrogen-bond donors (Lipinski definition) is 0. The summed E-state index contributed by atoms with van der Waals surface area (Å²) in [5.41, 5.74) is 8.06. The van der Waals surface area contributed by atoms with Gasteiger partial charge in [-0.05, 0) is 0 Å². The fraction of sp³-hybridized carbons (Fsp3) is 0.500. The van der Waals surface area contributed by atoms with Gasteiger partial charge in [0.1, 0.15) is 0 Å². The van der Waals surface area contributed by atoms with Crippen molar-refractivity contribution in [3.05, 3.63) is 58.7 Å². The standard InChI is InChI=1S/C27H38N2.CO.Rh/c1-18(2)22-11-9-12-23(19(3)4)26(22)28-15-16-29(17-28)27-24(20(5)6)13-10-14-25(27)21(7)8;1-2;/h9-14,18-21H,15-16H2,1-8H3;;. The fourth-order valence-corrected chi connectivity index (χ4v) is 6.01. The molecule has 0 unspecified atom stereocenters. The number of nitrogens with zero attached hydrogens (tertiary/aromatic N) is 2. The van der Waals surface area contributed by atoms with Crippen LogP contribution >= 0.6 is 0 Å². The van der Waals surface area contributed by atoms with E-state index in [1.54, 1.807) is 0 Å². The molecule has 3 rings (SSSR count). The molecular weight excluding hydrogens is 483 g/mol. The second-order valence-corrected chi connectivity index (χ2v) is 11.4. The molecule has 1 heterocycles. The van der Waals surface area contributed by atoms with Crippen molar-refractivity contribution >= 4 is 20.2 Å². The molecule has 1 aliphatic heterocycles. The second kappa shape index (κ2) is 10.4. The van der Waals surface area contributed by atoms with Gasteiger partial charge in [0, 0.05) is 0 Å². The van der Waals surface area contributed by atoms with Crippen LogP contribution in [0.25, 0.3) is 0 Å². The number of rotatable bonds is 6. The Bertz CT molecular complexity index is 931. The van der Waals surface area contributed by atoms with E-state index in [1.165, 1.54) is 33.6 Å². The van der Waals surface area contributed by atoms with Crippen molar-refractivity contribution in [2.24, 2.45) is 0 Å². The van der Waals surface area contributed by atoms with E-state index in [0.29, 0.717) is 23.7 Å². The van der Waals surface area contributed by atoms with Crippen LogP contribution in [-0.2, 0) is 21.0 Å². The molecule has 2 aromatic carbocycles. The van der Waals surface area contributed by atoms with Crippen molar-refractivity contribution in [3.8, 4) is 0 Å². The van der Waals surface area contributed by atoms with Crippen LogP contribution < -0.4 is 9.80 Å². The summed E-state index contributed by atoms with van der Waals surface area (Å²) in [7, 11) is 0. The van der Waals surface area contributed by atoms with Crippen molar-refractivity contribution in [2.75, 3.05) is 22.9 Å². The van der Waals surface area contributed by atoms with E-state index >= 15 is 0 Å². The molecule has 4 heteroatoms. The molecule has 0 bridgehead atoms. The van der Waals surface area contributed by atoms with E-state index in [9.17, 15) is 4.79 Å². The summed E-state index contributed by atoms with van der Waals surface area (Å²) in [4.78, 5) is 16.7. The van der Waals surface area contributed by atoms with Crippen molar-refractivity contribution in [2.45, 2.75) is 79.1 Å². The number of benzene rings is 2. The molecule has 175 valence electrons. The van der Waals surface area contributed by atoms with Crippen LogP contribution in [0.2, 0.25) is 0 Å².